The van der Waals surface area contributed by atoms with Crippen molar-refractivity contribution in [2.45, 2.75) is 6.42 Å². The number of oxime groups is 1. The molecule has 2 N–H and O–H groups in total. The predicted octanol–water partition coefficient (Wildman–Crippen LogP) is 1.93. The highest BCUT2D eigenvalue weighted by molar-refractivity contribution is 5.83. The number of aromatic hydroxyl groups is 1. The minimum Gasteiger partial charge on any atom is -0.507 e. The van der Waals surface area contributed by atoms with Gasteiger partial charge in [0.2, 0.25) is 0 Å². The highest BCUT2D eigenvalue weighted by Crippen LogP contribution is 2.16. The van der Waals surface area contributed by atoms with E-state index < -0.39 is 0 Å². The zero-order chi connectivity index (χ0) is 9.68. The molecular weight excluding hydrogens is 166 g/mol. The molecule has 1 aromatic carbocycles. The maximum atomic E-state index is 9.31. The van der Waals surface area contributed by atoms with Gasteiger partial charge >= 0.3 is 0 Å². The Kier molecular flexibility index (Phi) is 3.09. The van der Waals surface area contributed by atoms with Crippen LogP contribution in [0.5, 0.6) is 5.75 Å². The summed E-state index contributed by atoms with van der Waals surface area (Å²) in [5, 5.41) is 20.5. The summed E-state index contributed by atoms with van der Waals surface area (Å²) in [5.41, 5.74) is 1.52. The second kappa shape index (κ2) is 4.30. The number of allylic oxidation sites excluding steroid dienone is 1. The largest absolute Gasteiger partial charge is 0.507 e. The van der Waals surface area contributed by atoms with E-state index in [2.05, 4.69) is 11.7 Å². The molecule has 0 aliphatic heterocycles. The lowest BCUT2D eigenvalue weighted by molar-refractivity contribution is 0.321. The first kappa shape index (κ1) is 9.32. The first-order valence-corrected chi connectivity index (χ1v) is 3.88. The third kappa shape index (κ3) is 2.33. The summed E-state index contributed by atoms with van der Waals surface area (Å²) < 4.78 is 0. The van der Waals surface area contributed by atoms with E-state index in [0.717, 1.165) is 12.0 Å². The molecule has 0 atom stereocenters. The van der Waals surface area contributed by atoms with E-state index >= 15 is 0 Å². The Bertz CT molecular complexity index is 332. The molecule has 0 aromatic heterocycles. The molecule has 0 bridgehead atoms. The highest BCUT2D eigenvalue weighted by atomic mass is 16.4. The van der Waals surface area contributed by atoms with E-state index in [9.17, 15) is 5.11 Å². The van der Waals surface area contributed by atoms with Crippen molar-refractivity contribution in [1.82, 2.24) is 0 Å². The van der Waals surface area contributed by atoms with E-state index in [1.807, 2.05) is 0 Å². The van der Waals surface area contributed by atoms with Crippen LogP contribution in [-0.4, -0.2) is 16.5 Å². The molecule has 3 heteroatoms. The maximum absolute atomic E-state index is 9.31. The maximum Gasteiger partial charge on any atom is 0.124 e. The summed E-state index contributed by atoms with van der Waals surface area (Å²) in [6, 6.07) is 5.11. The lowest BCUT2D eigenvalue weighted by atomic mass is 10.1. The second-order valence-electron chi connectivity index (χ2n) is 2.63. The van der Waals surface area contributed by atoms with Crippen molar-refractivity contribution < 1.29 is 10.3 Å². The average Bonchev–Trinajstić information content (AvgIpc) is 2.12. The average molecular weight is 177 g/mol. The van der Waals surface area contributed by atoms with E-state index in [4.69, 9.17) is 5.21 Å². The molecule has 0 radical (unpaired) electrons. The minimum atomic E-state index is 0.102. The van der Waals surface area contributed by atoms with Crippen molar-refractivity contribution in [2.75, 3.05) is 0 Å². The van der Waals surface area contributed by atoms with Gasteiger partial charge in [0.25, 0.3) is 0 Å². The Balaban J connectivity index is 3.03. The molecule has 1 aromatic rings. The molecule has 0 saturated heterocycles. The van der Waals surface area contributed by atoms with Gasteiger partial charge in [-0.3, -0.25) is 0 Å². The molecule has 3 nitrogen and oxygen atoms in total. The van der Waals surface area contributed by atoms with Crippen LogP contribution in [0.1, 0.15) is 11.1 Å². The lowest BCUT2D eigenvalue weighted by Crippen LogP contribution is -1.87. The summed E-state index contributed by atoms with van der Waals surface area (Å²) in [6.45, 7) is 3.61. The summed E-state index contributed by atoms with van der Waals surface area (Å²) in [6.07, 6.45) is 3.70. The first-order valence-electron chi connectivity index (χ1n) is 3.88. The third-order valence-electron chi connectivity index (χ3n) is 1.67. The molecule has 13 heavy (non-hydrogen) atoms. The standard InChI is InChI=1S/C10H11NO2/c1-2-3-8-4-5-10(12)9(6-8)7-11-13/h2,4-7,12-13H,1,3H2/b11-7-. The lowest BCUT2D eigenvalue weighted by Gasteiger charge is -2.00. The summed E-state index contributed by atoms with van der Waals surface area (Å²) in [5.74, 6) is 0.102. The fourth-order valence-corrected chi connectivity index (χ4v) is 1.06. The number of nitrogens with zero attached hydrogens (tertiary/aromatic N) is 1. The normalized spacial score (nSPS) is 10.5. The van der Waals surface area contributed by atoms with E-state index in [0.29, 0.717) is 5.56 Å². The van der Waals surface area contributed by atoms with Crippen LogP contribution in [0.15, 0.2) is 36.0 Å². The third-order valence-corrected chi connectivity index (χ3v) is 1.67. The Hall–Kier alpha value is -1.77. The van der Waals surface area contributed by atoms with Gasteiger partial charge in [0.1, 0.15) is 5.75 Å². The zero-order valence-corrected chi connectivity index (χ0v) is 7.14. The van der Waals surface area contributed by atoms with Crippen molar-refractivity contribution in [3.05, 3.63) is 42.0 Å². The molecule has 0 heterocycles. The van der Waals surface area contributed by atoms with Crippen LogP contribution in [0.3, 0.4) is 0 Å². The van der Waals surface area contributed by atoms with Gasteiger partial charge in [0.15, 0.2) is 0 Å². The number of benzene rings is 1. The Labute approximate surface area is 76.6 Å². The van der Waals surface area contributed by atoms with E-state index in [1.165, 1.54) is 6.21 Å². The fourth-order valence-electron chi connectivity index (χ4n) is 1.06. The van der Waals surface area contributed by atoms with Gasteiger partial charge in [0, 0.05) is 5.56 Å². The quantitative estimate of drug-likeness (QED) is 0.321. The Morgan fingerprint density at radius 2 is 2.23 bits per heavy atom. The number of rotatable bonds is 3. The first-order chi connectivity index (χ1) is 6.27. The van der Waals surface area contributed by atoms with Crippen LogP contribution >= 0.6 is 0 Å². The Morgan fingerprint density at radius 1 is 1.46 bits per heavy atom. The molecule has 0 aliphatic rings. The summed E-state index contributed by atoms with van der Waals surface area (Å²) in [4.78, 5) is 0. The van der Waals surface area contributed by atoms with Gasteiger partial charge in [-0.05, 0) is 24.1 Å². The van der Waals surface area contributed by atoms with Gasteiger partial charge in [-0.15, -0.1) is 6.58 Å². The van der Waals surface area contributed by atoms with Gasteiger partial charge < -0.3 is 10.3 Å². The fraction of sp³-hybridized carbons (Fsp3) is 0.100. The van der Waals surface area contributed by atoms with Crippen LogP contribution in [0.25, 0.3) is 0 Å². The topological polar surface area (TPSA) is 52.8 Å². The van der Waals surface area contributed by atoms with Crippen LogP contribution in [-0.2, 0) is 6.42 Å². The minimum absolute atomic E-state index is 0.102. The monoisotopic (exact) mass is 177 g/mol. The van der Waals surface area contributed by atoms with Crippen molar-refractivity contribution >= 4 is 6.21 Å². The van der Waals surface area contributed by atoms with Crippen molar-refractivity contribution in [3.8, 4) is 5.75 Å². The van der Waals surface area contributed by atoms with Gasteiger partial charge in [-0.25, -0.2) is 0 Å². The van der Waals surface area contributed by atoms with Crippen molar-refractivity contribution in [3.63, 3.8) is 0 Å². The molecule has 0 amide bonds. The molecule has 0 aliphatic carbocycles. The van der Waals surface area contributed by atoms with Crippen LogP contribution in [0.4, 0.5) is 0 Å². The molecule has 68 valence electrons. The van der Waals surface area contributed by atoms with Gasteiger partial charge in [-0.1, -0.05) is 17.3 Å². The number of hydrogen-bond donors (Lipinski definition) is 2. The molecule has 1 rings (SSSR count). The second-order valence-corrected chi connectivity index (χ2v) is 2.63. The van der Waals surface area contributed by atoms with Gasteiger partial charge in [0.05, 0.1) is 6.21 Å². The Morgan fingerprint density at radius 3 is 2.85 bits per heavy atom. The van der Waals surface area contributed by atoms with Crippen molar-refractivity contribution in [1.29, 1.82) is 0 Å². The summed E-state index contributed by atoms with van der Waals surface area (Å²) in [7, 11) is 0. The van der Waals surface area contributed by atoms with Crippen LogP contribution in [0.2, 0.25) is 0 Å². The molecule has 0 fully saturated rings. The smallest absolute Gasteiger partial charge is 0.124 e. The number of phenols is 1. The van der Waals surface area contributed by atoms with Crippen molar-refractivity contribution in [2.24, 2.45) is 5.16 Å². The molecule has 0 unspecified atom stereocenters. The molecule has 0 spiro atoms. The highest BCUT2D eigenvalue weighted by Gasteiger charge is 1.99. The van der Waals surface area contributed by atoms with E-state index in [-0.39, 0.29) is 5.75 Å². The number of phenolic OH excluding ortho intramolecular Hbond substituents is 1. The SMILES string of the molecule is C=CCc1ccc(O)c(/C=N\O)c1. The number of hydrogen-bond acceptors (Lipinski definition) is 3. The van der Waals surface area contributed by atoms with Crippen LogP contribution < -0.4 is 0 Å². The summed E-state index contributed by atoms with van der Waals surface area (Å²) >= 11 is 0. The van der Waals surface area contributed by atoms with Gasteiger partial charge in [-0.2, -0.15) is 0 Å². The predicted molar refractivity (Wildman–Crippen MR) is 51.4 cm³/mol. The molecular formula is C10H11NO2. The zero-order valence-electron chi connectivity index (χ0n) is 7.14. The van der Waals surface area contributed by atoms with E-state index in [1.54, 1.807) is 24.3 Å². The van der Waals surface area contributed by atoms with Crippen LogP contribution in [0, 0.1) is 0 Å². The molecule has 0 saturated carbocycles.